The van der Waals surface area contributed by atoms with Crippen LogP contribution in [0.25, 0.3) is 22.5 Å². The van der Waals surface area contributed by atoms with Crippen LogP contribution in [0.1, 0.15) is 41.0 Å². The smallest absolute Gasteiger partial charge is 0.256 e. The van der Waals surface area contributed by atoms with E-state index in [0.717, 1.165) is 48.6 Å². The molecule has 0 radical (unpaired) electrons. The number of amides is 1. The fraction of sp³-hybridized carbons (Fsp3) is 0.185. The van der Waals surface area contributed by atoms with Crippen molar-refractivity contribution < 1.29 is 4.79 Å². The second-order valence-corrected chi connectivity index (χ2v) is 8.66. The first-order chi connectivity index (χ1) is 16.7. The maximum Gasteiger partial charge on any atom is 0.256 e. The monoisotopic (exact) mass is 467 g/mol. The van der Waals surface area contributed by atoms with Gasteiger partial charge in [-0.2, -0.15) is 5.26 Å². The highest BCUT2D eigenvalue weighted by atomic mass is 35.5. The van der Waals surface area contributed by atoms with Gasteiger partial charge in [-0.1, -0.05) is 54.4 Å². The Morgan fingerprint density at radius 2 is 1.74 bits per heavy atom. The van der Waals surface area contributed by atoms with Crippen LogP contribution in [0.3, 0.4) is 0 Å². The topological polar surface area (TPSA) is 83.6 Å². The van der Waals surface area contributed by atoms with Gasteiger partial charge in [0.25, 0.3) is 5.91 Å². The van der Waals surface area contributed by atoms with Crippen molar-refractivity contribution in [3.05, 3.63) is 88.7 Å². The Bertz CT molecular complexity index is 1420. The molecule has 3 aromatic carbocycles. The normalized spacial score (nSPS) is 12.9. The second-order valence-electron chi connectivity index (χ2n) is 8.25. The van der Waals surface area contributed by atoms with Gasteiger partial charge in [-0.25, -0.2) is 0 Å². The van der Waals surface area contributed by atoms with Gasteiger partial charge in [-0.3, -0.25) is 4.79 Å². The molecule has 168 valence electrons. The number of benzene rings is 3. The summed E-state index contributed by atoms with van der Waals surface area (Å²) in [5.41, 5.74) is 3.77. The van der Waals surface area contributed by atoms with E-state index in [1.165, 1.54) is 6.42 Å². The predicted molar refractivity (Wildman–Crippen MR) is 133 cm³/mol. The minimum atomic E-state index is -0.267. The lowest BCUT2D eigenvalue weighted by Crippen LogP contribution is -2.13. The summed E-state index contributed by atoms with van der Waals surface area (Å²) in [4.78, 5) is 13.3. The van der Waals surface area contributed by atoms with E-state index in [-0.39, 0.29) is 5.91 Å². The standard InChI is InChI=1S/C27H22ClN5O/c28-24-14-13-19(16-23(24)26-32-31-25-12-2-1-7-15-33(25)26)30-27(34)22-11-6-5-10-21(22)20-9-4-3-8-18(20)17-29/h3-6,8-11,13-14,16H,1-2,7,12,15H2,(H,30,34). The number of rotatable bonds is 4. The molecule has 1 N–H and O–H groups in total. The molecule has 1 aliphatic heterocycles. The number of hydrogen-bond acceptors (Lipinski definition) is 4. The van der Waals surface area contributed by atoms with Crippen LogP contribution >= 0.6 is 11.6 Å². The fourth-order valence-electron chi connectivity index (χ4n) is 4.39. The number of aryl methyl sites for hydroxylation is 1. The zero-order chi connectivity index (χ0) is 23.5. The van der Waals surface area contributed by atoms with Gasteiger partial charge in [0.1, 0.15) is 5.82 Å². The van der Waals surface area contributed by atoms with Gasteiger partial charge in [0.2, 0.25) is 0 Å². The average Bonchev–Trinajstić information content (AvgIpc) is 3.12. The van der Waals surface area contributed by atoms with Crippen LogP contribution < -0.4 is 5.32 Å². The number of aromatic nitrogens is 3. The Balaban J connectivity index is 1.48. The molecule has 0 saturated heterocycles. The van der Waals surface area contributed by atoms with Gasteiger partial charge in [0.05, 0.1) is 16.7 Å². The summed E-state index contributed by atoms with van der Waals surface area (Å²) in [5, 5.41) is 21.8. The lowest BCUT2D eigenvalue weighted by molar-refractivity contribution is 0.102. The van der Waals surface area contributed by atoms with E-state index in [2.05, 4.69) is 26.2 Å². The zero-order valence-electron chi connectivity index (χ0n) is 18.5. The molecule has 0 bridgehead atoms. The van der Waals surface area contributed by atoms with E-state index in [9.17, 15) is 10.1 Å². The van der Waals surface area contributed by atoms with Crippen LogP contribution in [0.5, 0.6) is 0 Å². The molecular formula is C27H22ClN5O. The summed E-state index contributed by atoms with van der Waals surface area (Å²) < 4.78 is 2.13. The van der Waals surface area contributed by atoms with Crippen molar-refractivity contribution in [3.63, 3.8) is 0 Å². The lowest BCUT2D eigenvalue weighted by Gasteiger charge is -2.13. The highest BCUT2D eigenvalue weighted by Gasteiger charge is 2.20. The Morgan fingerprint density at radius 3 is 2.59 bits per heavy atom. The van der Waals surface area contributed by atoms with Crippen molar-refractivity contribution in [3.8, 4) is 28.6 Å². The summed E-state index contributed by atoms with van der Waals surface area (Å²) in [7, 11) is 0. The van der Waals surface area contributed by atoms with Crippen LogP contribution in [0, 0.1) is 11.3 Å². The molecular weight excluding hydrogens is 446 g/mol. The second kappa shape index (κ2) is 9.50. The maximum atomic E-state index is 13.3. The molecule has 0 atom stereocenters. The molecule has 0 unspecified atom stereocenters. The SMILES string of the molecule is N#Cc1ccccc1-c1ccccc1C(=O)Nc1ccc(Cl)c(-c2nnc3n2CCCCC3)c1. The van der Waals surface area contributed by atoms with E-state index >= 15 is 0 Å². The molecule has 7 heteroatoms. The van der Waals surface area contributed by atoms with Crippen LogP contribution in [0.15, 0.2) is 66.7 Å². The van der Waals surface area contributed by atoms with E-state index in [4.69, 9.17) is 11.6 Å². The maximum absolute atomic E-state index is 13.3. The molecule has 1 aromatic heterocycles. The van der Waals surface area contributed by atoms with E-state index in [1.807, 2.05) is 42.5 Å². The van der Waals surface area contributed by atoms with Gasteiger partial charge in [0.15, 0.2) is 5.82 Å². The van der Waals surface area contributed by atoms with E-state index in [1.54, 1.807) is 24.3 Å². The number of carbonyl (C=O) groups is 1. The van der Waals surface area contributed by atoms with Crippen LogP contribution in [0.2, 0.25) is 5.02 Å². The molecule has 34 heavy (non-hydrogen) atoms. The first-order valence-corrected chi connectivity index (χ1v) is 11.7. The van der Waals surface area contributed by atoms with Crippen molar-refractivity contribution >= 4 is 23.2 Å². The minimum Gasteiger partial charge on any atom is -0.322 e. The molecule has 2 heterocycles. The molecule has 0 spiro atoms. The first kappa shape index (κ1) is 21.9. The molecule has 0 fully saturated rings. The van der Waals surface area contributed by atoms with Gasteiger partial charge in [0, 0.05) is 35.3 Å². The van der Waals surface area contributed by atoms with E-state index in [0.29, 0.717) is 27.4 Å². The summed E-state index contributed by atoms with van der Waals surface area (Å²) in [6.07, 6.45) is 4.26. The van der Waals surface area contributed by atoms with Gasteiger partial charge < -0.3 is 9.88 Å². The predicted octanol–water partition coefficient (Wildman–Crippen LogP) is 6.12. The number of nitrogens with one attached hydrogen (secondary N) is 1. The first-order valence-electron chi connectivity index (χ1n) is 11.3. The largest absolute Gasteiger partial charge is 0.322 e. The van der Waals surface area contributed by atoms with Gasteiger partial charge in [-0.05, 0) is 48.7 Å². The van der Waals surface area contributed by atoms with Crippen LogP contribution in [0.4, 0.5) is 5.69 Å². The van der Waals surface area contributed by atoms with Crippen molar-refractivity contribution in [1.82, 2.24) is 14.8 Å². The third-order valence-corrected chi connectivity index (χ3v) is 6.41. The zero-order valence-corrected chi connectivity index (χ0v) is 19.2. The highest BCUT2D eigenvalue weighted by Crippen LogP contribution is 2.32. The molecule has 0 saturated carbocycles. The molecule has 4 aromatic rings. The average molecular weight is 468 g/mol. The van der Waals surface area contributed by atoms with Crippen molar-refractivity contribution in [2.24, 2.45) is 0 Å². The lowest BCUT2D eigenvalue weighted by atomic mass is 9.95. The molecule has 5 rings (SSSR count). The highest BCUT2D eigenvalue weighted by molar-refractivity contribution is 6.33. The van der Waals surface area contributed by atoms with Crippen molar-refractivity contribution in [2.75, 3.05) is 5.32 Å². The third-order valence-electron chi connectivity index (χ3n) is 6.08. The number of hydrogen-bond donors (Lipinski definition) is 1. The Labute approximate surface area is 202 Å². The number of halogens is 1. The van der Waals surface area contributed by atoms with Crippen LogP contribution in [-0.4, -0.2) is 20.7 Å². The van der Waals surface area contributed by atoms with Gasteiger partial charge in [-0.15, -0.1) is 10.2 Å². The van der Waals surface area contributed by atoms with Crippen LogP contribution in [-0.2, 0) is 13.0 Å². The summed E-state index contributed by atoms with van der Waals surface area (Å²) in [6.45, 7) is 0.857. The third kappa shape index (κ3) is 4.18. The number of nitriles is 1. The molecule has 1 amide bonds. The fourth-order valence-corrected chi connectivity index (χ4v) is 4.59. The van der Waals surface area contributed by atoms with E-state index < -0.39 is 0 Å². The molecule has 6 nitrogen and oxygen atoms in total. The van der Waals surface area contributed by atoms with Crippen molar-refractivity contribution in [2.45, 2.75) is 32.2 Å². The Kier molecular flexibility index (Phi) is 6.11. The van der Waals surface area contributed by atoms with Gasteiger partial charge >= 0.3 is 0 Å². The van der Waals surface area contributed by atoms with Crippen molar-refractivity contribution in [1.29, 1.82) is 5.26 Å². The summed E-state index contributed by atoms with van der Waals surface area (Å²) >= 11 is 6.54. The number of nitrogens with zero attached hydrogens (tertiary/aromatic N) is 4. The minimum absolute atomic E-state index is 0.267. The number of anilines is 1. The number of fused-ring (bicyclic) bond motifs is 1. The molecule has 1 aliphatic rings. The summed E-state index contributed by atoms with van der Waals surface area (Å²) in [5.74, 6) is 1.43. The Morgan fingerprint density at radius 1 is 0.941 bits per heavy atom. The quantitative estimate of drug-likeness (QED) is 0.392. The summed E-state index contributed by atoms with van der Waals surface area (Å²) in [6, 6.07) is 22.1. The molecule has 0 aliphatic carbocycles. The Hall–Kier alpha value is -3.95. The number of carbonyl (C=O) groups excluding carboxylic acids is 1.